The fourth-order valence-electron chi connectivity index (χ4n) is 6.44. The summed E-state index contributed by atoms with van der Waals surface area (Å²) < 4.78 is 11.9. The van der Waals surface area contributed by atoms with Gasteiger partial charge in [0.15, 0.2) is 0 Å². The number of esters is 1. The topological polar surface area (TPSA) is 105 Å². The van der Waals surface area contributed by atoms with Crippen molar-refractivity contribution in [2.45, 2.75) is 50.4 Å². The van der Waals surface area contributed by atoms with Crippen LogP contribution in [0.25, 0.3) is 10.8 Å². The van der Waals surface area contributed by atoms with Crippen molar-refractivity contribution in [3.05, 3.63) is 42.5 Å². The first-order valence-corrected chi connectivity index (χ1v) is 12.0. The lowest BCUT2D eigenvalue weighted by atomic mass is 9.65. The average molecular weight is 467 g/mol. The van der Waals surface area contributed by atoms with Crippen molar-refractivity contribution in [1.29, 1.82) is 0 Å². The van der Waals surface area contributed by atoms with E-state index in [1.165, 1.54) is 4.90 Å². The smallest absolute Gasteiger partial charge is 0.312 e. The van der Waals surface area contributed by atoms with E-state index in [0.717, 1.165) is 10.8 Å². The maximum atomic E-state index is 13.7. The van der Waals surface area contributed by atoms with Crippen molar-refractivity contribution >= 4 is 34.2 Å². The number of aliphatic hydroxyl groups excluding tert-OH is 1. The molecule has 5 atom stereocenters. The highest BCUT2D eigenvalue weighted by Gasteiger charge is 2.78. The molecule has 2 aromatic rings. The van der Waals surface area contributed by atoms with Crippen LogP contribution in [0.1, 0.15) is 33.1 Å². The summed E-state index contributed by atoms with van der Waals surface area (Å²) >= 11 is 0. The molecule has 2 bridgehead atoms. The van der Waals surface area contributed by atoms with Crippen molar-refractivity contribution in [3.8, 4) is 0 Å². The van der Waals surface area contributed by atoms with Gasteiger partial charge in [0.25, 0.3) is 0 Å². The van der Waals surface area contributed by atoms with E-state index in [1.54, 1.807) is 6.92 Å². The number of β-amino-alcohol motifs (C(OH)–C–C–N with tert-alkyl or cyclic N) is 1. The van der Waals surface area contributed by atoms with Crippen molar-refractivity contribution < 1.29 is 29.0 Å². The number of fused-ring (bicyclic) bond motifs is 2. The van der Waals surface area contributed by atoms with E-state index in [2.05, 4.69) is 5.32 Å². The number of likely N-dealkylation sites (tertiary alicyclic amines) is 1. The fraction of sp³-hybridized carbons (Fsp3) is 0.500. The van der Waals surface area contributed by atoms with Gasteiger partial charge in [0, 0.05) is 12.2 Å². The van der Waals surface area contributed by atoms with Crippen LogP contribution in [0.5, 0.6) is 0 Å². The van der Waals surface area contributed by atoms with E-state index in [0.29, 0.717) is 24.9 Å². The quantitative estimate of drug-likeness (QED) is 0.608. The van der Waals surface area contributed by atoms with Gasteiger partial charge in [-0.25, -0.2) is 0 Å². The largest absolute Gasteiger partial charge is 0.466 e. The summed E-state index contributed by atoms with van der Waals surface area (Å²) in [6.07, 6.45) is 1.61. The summed E-state index contributed by atoms with van der Waals surface area (Å²) in [5, 5.41) is 14.7. The van der Waals surface area contributed by atoms with Crippen molar-refractivity contribution in [1.82, 2.24) is 4.90 Å². The van der Waals surface area contributed by atoms with Crippen LogP contribution in [-0.2, 0) is 23.9 Å². The number of hydrogen-bond donors (Lipinski definition) is 2. The molecule has 2 aromatic carbocycles. The SMILES string of the molecule is CCOC(=O)[C@H]1[C@H]2C(=O)N(CCO)C(C(=O)Nc3ccc4ccccc4c3)C23CC[C@]1(CC)O3. The van der Waals surface area contributed by atoms with Crippen LogP contribution in [0.15, 0.2) is 42.5 Å². The third kappa shape index (κ3) is 3.15. The lowest BCUT2D eigenvalue weighted by Crippen LogP contribution is -2.53. The number of hydrogen-bond acceptors (Lipinski definition) is 6. The van der Waals surface area contributed by atoms with Gasteiger partial charge in [-0.3, -0.25) is 14.4 Å². The highest BCUT2D eigenvalue weighted by Crippen LogP contribution is 2.64. The van der Waals surface area contributed by atoms with Crippen LogP contribution in [0.3, 0.4) is 0 Å². The standard InChI is InChI=1S/C26H30N2O6/c1-3-25-11-12-26(34-25)19(20(25)24(32)33-4-2)23(31)28(13-14-29)21(26)22(30)27-18-10-9-16-7-5-6-8-17(16)15-18/h5-10,15,19-21,29H,3-4,11-14H2,1-2H3,(H,27,30)/t19-,20+,21?,25-,26?/m0/s1. The summed E-state index contributed by atoms with van der Waals surface area (Å²) in [6.45, 7) is 3.57. The number of anilines is 1. The van der Waals surface area contributed by atoms with Crippen LogP contribution in [-0.4, -0.2) is 64.8 Å². The predicted octanol–water partition coefficient (Wildman–Crippen LogP) is 2.49. The zero-order valence-electron chi connectivity index (χ0n) is 19.5. The first-order valence-electron chi connectivity index (χ1n) is 12.0. The second kappa shape index (κ2) is 8.36. The number of carbonyl (C=O) groups is 3. The third-order valence-corrected chi connectivity index (χ3v) is 7.83. The molecule has 34 heavy (non-hydrogen) atoms. The van der Waals surface area contributed by atoms with Crippen LogP contribution >= 0.6 is 0 Å². The molecule has 0 saturated carbocycles. The van der Waals surface area contributed by atoms with Crippen molar-refractivity contribution in [2.75, 3.05) is 25.1 Å². The van der Waals surface area contributed by atoms with Gasteiger partial charge >= 0.3 is 5.97 Å². The minimum absolute atomic E-state index is 0.00901. The summed E-state index contributed by atoms with van der Waals surface area (Å²) in [6, 6.07) is 12.5. The molecule has 0 aromatic heterocycles. The predicted molar refractivity (Wildman–Crippen MR) is 125 cm³/mol. The Labute approximate surface area is 198 Å². The van der Waals surface area contributed by atoms with Gasteiger partial charge in [-0.2, -0.15) is 0 Å². The molecule has 2 N–H and O–H groups in total. The summed E-state index contributed by atoms with van der Waals surface area (Å²) in [7, 11) is 0. The maximum absolute atomic E-state index is 13.7. The maximum Gasteiger partial charge on any atom is 0.312 e. The number of rotatable bonds is 7. The van der Waals surface area contributed by atoms with Crippen LogP contribution in [0.4, 0.5) is 5.69 Å². The van der Waals surface area contributed by atoms with E-state index in [4.69, 9.17) is 9.47 Å². The Morgan fingerprint density at radius 2 is 1.94 bits per heavy atom. The van der Waals surface area contributed by atoms with E-state index in [1.807, 2.05) is 49.4 Å². The van der Waals surface area contributed by atoms with Gasteiger partial charge in [-0.15, -0.1) is 0 Å². The van der Waals surface area contributed by atoms with Crippen LogP contribution in [0.2, 0.25) is 0 Å². The van der Waals surface area contributed by atoms with Gasteiger partial charge in [-0.1, -0.05) is 37.3 Å². The second-order valence-corrected chi connectivity index (χ2v) is 9.39. The van der Waals surface area contributed by atoms with Crippen LogP contribution < -0.4 is 5.32 Å². The van der Waals surface area contributed by atoms with E-state index < -0.39 is 35.0 Å². The molecule has 8 heteroatoms. The van der Waals surface area contributed by atoms with E-state index >= 15 is 0 Å². The first-order chi connectivity index (χ1) is 16.4. The van der Waals surface area contributed by atoms with E-state index in [9.17, 15) is 19.5 Å². The summed E-state index contributed by atoms with van der Waals surface area (Å²) in [5.41, 5.74) is -1.33. The molecule has 2 unspecified atom stereocenters. The highest BCUT2D eigenvalue weighted by atomic mass is 16.6. The van der Waals surface area contributed by atoms with Crippen molar-refractivity contribution in [3.63, 3.8) is 0 Å². The molecule has 5 rings (SSSR count). The molecule has 3 aliphatic rings. The Balaban J connectivity index is 1.52. The molecular weight excluding hydrogens is 436 g/mol. The zero-order valence-corrected chi connectivity index (χ0v) is 19.5. The zero-order chi connectivity index (χ0) is 24.1. The molecule has 3 saturated heterocycles. The second-order valence-electron chi connectivity index (χ2n) is 9.39. The Morgan fingerprint density at radius 1 is 1.18 bits per heavy atom. The fourth-order valence-corrected chi connectivity index (χ4v) is 6.44. The number of carbonyl (C=O) groups excluding carboxylic acids is 3. The monoisotopic (exact) mass is 466 g/mol. The molecule has 3 fully saturated rings. The number of aliphatic hydroxyl groups is 1. The lowest BCUT2D eigenvalue weighted by molar-refractivity contribution is -0.160. The van der Waals surface area contributed by atoms with Crippen molar-refractivity contribution in [2.24, 2.45) is 11.8 Å². The molecule has 3 aliphatic heterocycles. The molecule has 8 nitrogen and oxygen atoms in total. The van der Waals surface area contributed by atoms with Gasteiger partial charge in [0.1, 0.15) is 17.6 Å². The Bertz CT molecular complexity index is 1150. The van der Waals surface area contributed by atoms with Crippen LogP contribution in [0, 0.1) is 11.8 Å². The van der Waals surface area contributed by atoms with Gasteiger partial charge in [0.05, 0.1) is 24.7 Å². The summed E-state index contributed by atoms with van der Waals surface area (Å²) in [5.74, 6) is -2.74. The minimum atomic E-state index is -1.12. The third-order valence-electron chi connectivity index (χ3n) is 7.83. The number of amides is 2. The minimum Gasteiger partial charge on any atom is -0.466 e. The molecule has 0 radical (unpaired) electrons. The molecule has 180 valence electrons. The molecule has 2 amide bonds. The molecule has 1 spiro atoms. The number of nitrogens with one attached hydrogen (secondary N) is 1. The molecular formula is C26H30N2O6. The Hall–Kier alpha value is -2.97. The first kappa shape index (κ1) is 22.8. The van der Waals surface area contributed by atoms with E-state index in [-0.39, 0.29) is 31.6 Å². The normalized spacial score (nSPS) is 31.7. The van der Waals surface area contributed by atoms with Gasteiger partial charge < -0.3 is 24.8 Å². The van der Waals surface area contributed by atoms with Gasteiger partial charge in [-0.05, 0) is 49.1 Å². The number of benzene rings is 2. The average Bonchev–Trinajstić information content (AvgIpc) is 3.43. The Morgan fingerprint density at radius 3 is 2.65 bits per heavy atom. The number of nitrogens with zero attached hydrogens (tertiary/aromatic N) is 1. The Kier molecular flexibility index (Phi) is 5.61. The molecule has 0 aliphatic carbocycles. The summed E-state index contributed by atoms with van der Waals surface area (Å²) in [4.78, 5) is 41.8. The molecule has 3 heterocycles. The highest BCUT2D eigenvalue weighted by molar-refractivity contribution is 6.04. The lowest BCUT2D eigenvalue weighted by Gasteiger charge is -2.33. The number of ether oxygens (including phenoxy) is 2. The van der Waals surface area contributed by atoms with Gasteiger partial charge in [0.2, 0.25) is 11.8 Å².